The Morgan fingerprint density at radius 2 is 2.00 bits per heavy atom. The van der Waals surface area contributed by atoms with Crippen LogP contribution >= 0.6 is 0 Å². The number of hydrogen-bond acceptors (Lipinski definition) is 3. The topological polar surface area (TPSA) is 53.1 Å². The second kappa shape index (κ2) is 5.43. The van der Waals surface area contributed by atoms with E-state index in [0.717, 1.165) is 37.4 Å². The van der Waals surface area contributed by atoms with Gasteiger partial charge in [0.15, 0.2) is 0 Å². The highest BCUT2D eigenvalue weighted by molar-refractivity contribution is 5.52. The van der Waals surface area contributed by atoms with Crippen LogP contribution in [0, 0.1) is 12.3 Å². The van der Waals surface area contributed by atoms with Crippen LogP contribution in [0.25, 0.3) is 0 Å². The maximum Gasteiger partial charge on any atom is 0.236 e. The molecule has 4 nitrogen and oxygen atoms in total. The third-order valence-electron chi connectivity index (χ3n) is 4.13. The van der Waals surface area contributed by atoms with Crippen LogP contribution in [0.3, 0.4) is 0 Å². The van der Waals surface area contributed by atoms with Crippen molar-refractivity contribution in [3.05, 3.63) is 5.69 Å². The summed E-state index contributed by atoms with van der Waals surface area (Å²) in [5.41, 5.74) is 8.14. The Kier molecular flexibility index (Phi) is 4.07. The molecule has 1 fully saturated rings. The Labute approximate surface area is 116 Å². The summed E-state index contributed by atoms with van der Waals surface area (Å²) in [6.07, 6.45) is 6.00. The molecular formula is C15H27N3O. The van der Waals surface area contributed by atoms with Crippen molar-refractivity contribution in [2.45, 2.75) is 72.4 Å². The zero-order chi connectivity index (χ0) is 14.0. The number of aromatic nitrogens is 2. The quantitative estimate of drug-likeness (QED) is 0.906. The lowest BCUT2D eigenvalue weighted by atomic mass is 9.76. The van der Waals surface area contributed by atoms with E-state index < -0.39 is 0 Å². The molecule has 1 aliphatic carbocycles. The van der Waals surface area contributed by atoms with Crippen molar-refractivity contribution < 1.29 is 4.74 Å². The molecule has 0 aromatic carbocycles. The Balaban J connectivity index is 2.07. The van der Waals surface area contributed by atoms with Gasteiger partial charge in [-0.2, -0.15) is 5.10 Å². The second-order valence-corrected chi connectivity index (χ2v) is 6.51. The van der Waals surface area contributed by atoms with Gasteiger partial charge in [-0.05, 0) is 44.4 Å². The summed E-state index contributed by atoms with van der Waals surface area (Å²) in [6, 6.07) is 0. The van der Waals surface area contributed by atoms with Crippen LogP contribution in [0.4, 0.5) is 5.69 Å². The minimum atomic E-state index is 0.294. The van der Waals surface area contributed by atoms with E-state index in [9.17, 15) is 0 Å². The molecule has 0 atom stereocenters. The smallest absolute Gasteiger partial charge is 0.236 e. The number of nitrogens with two attached hydrogens (primary N) is 1. The minimum absolute atomic E-state index is 0.294. The summed E-state index contributed by atoms with van der Waals surface area (Å²) in [7, 11) is 0. The number of nitrogens with zero attached hydrogens (tertiary/aromatic N) is 2. The van der Waals surface area contributed by atoms with Gasteiger partial charge in [0.1, 0.15) is 11.8 Å². The fraction of sp³-hybridized carbons (Fsp3) is 0.800. The average Bonchev–Trinajstić information content (AvgIpc) is 2.60. The molecule has 0 radical (unpaired) electrons. The first-order valence-electron chi connectivity index (χ1n) is 7.42. The number of ether oxygens (including phenoxy) is 1. The van der Waals surface area contributed by atoms with Crippen LogP contribution < -0.4 is 10.5 Å². The van der Waals surface area contributed by atoms with Crippen molar-refractivity contribution in [3.8, 4) is 5.88 Å². The predicted molar refractivity (Wildman–Crippen MR) is 78.3 cm³/mol. The molecule has 2 rings (SSSR count). The van der Waals surface area contributed by atoms with Crippen molar-refractivity contribution in [2.24, 2.45) is 5.41 Å². The molecule has 0 saturated heterocycles. The average molecular weight is 265 g/mol. The molecule has 2 N–H and O–H groups in total. The van der Waals surface area contributed by atoms with Gasteiger partial charge >= 0.3 is 0 Å². The van der Waals surface area contributed by atoms with Gasteiger partial charge in [-0.1, -0.05) is 20.8 Å². The third kappa shape index (κ3) is 3.23. The molecule has 0 unspecified atom stereocenters. The molecule has 108 valence electrons. The number of anilines is 1. The number of nitrogen functional groups attached to an aromatic ring is 1. The Morgan fingerprint density at radius 1 is 1.37 bits per heavy atom. The maximum absolute atomic E-state index is 6.16. The van der Waals surface area contributed by atoms with Crippen LogP contribution in [-0.2, 0) is 6.54 Å². The van der Waals surface area contributed by atoms with Gasteiger partial charge < -0.3 is 10.5 Å². The highest BCUT2D eigenvalue weighted by Gasteiger charge is 2.29. The van der Waals surface area contributed by atoms with Crippen molar-refractivity contribution in [3.63, 3.8) is 0 Å². The highest BCUT2D eigenvalue weighted by atomic mass is 16.5. The van der Waals surface area contributed by atoms with E-state index in [1.165, 1.54) is 12.8 Å². The first-order valence-corrected chi connectivity index (χ1v) is 7.42. The lowest BCUT2D eigenvalue weighted by molar-refractivity contribution is 0.0906. The summed E-state index contributed by atoms with van der Waals surface area (Å²) >= 11 is 0. The first-order chi connectivity index (χ1) is 8.93. The first kappa shape index (κ1) is 14.2. The molecule has 0 aliphatic heterocycles. The van der Waals surface area contributed by atoms with E-state index in [1.54, 1.807) is 0 Å². The third-order valence-corrected chi connectivity index (χ3v) is 4.13. The van der Waals surface area contributed by atoms with Crippen LogP contribution in [-0.4, -0.2) is 15.9 Å². The zero-order valence-corrected chi connectivity index (χ0v) is 12.7. The van der Waals surface area contributed by atoms with Crippen molar-refractivity contribution in [1.29, 1.82) is 0 Å². The van der Waals surface area contributed by atoms with Gasteiger partial charge in [0, 0.05) is 6.54 Å². The van der Waals surface area contributed by atoms with Crippen LogP contribution in [0.1, 0.15) is 58.6 Å². The molecule has 1 aliphatic rings. The number of rotatable bonds is 4. The Morgan fingerprint density at radius 3 is 2.58 bits per heavy atom. The van der Waals surface area contributed by atoms with E-state index in [0.29, 0.717) is 17.2 Å². The van der Waals surface area contributed by atoms with E-state index >= 15 is 0 Å². The van der Waals surface area contributed by atoms with E-state index in [-0.39, 0.29) is 0 Å². The van der Waals surface area contributed by atoms with Gasteiger partial charge in [-0.15, -0.1) is 0 Å². The molecule has 4 heteroatoms. The second-order valence-electron chi connectivity index (χ2n) is 6.51. The molecule has 1 saturated carbocycles. The number of hydrogen-bond donors (Lipinski definition) is 1. The summed E-state index contributed by atoms with van der Waals surface area (Å²) in [5, 5.41) is 4.46. The fourth-order valence-corrected chi connectivity index (χ4v) is 2.71. The largest absolute Gasteiger partial charge is 0.473 e. The molecule has 0 amide bonds. The number of aryl methyl sites for hydroxylation is 2. The standard InChI is InChI=1S/C15H27N3O/c1-5-10-18-14(13(16)11(2)17-18)19-12-6-8-15(3,4)9-7-12/h12H,5-10,16H2,1-4H3. The van der Waals surface area contributed by atoms with Gasteiger partial charge in [0.25, 0.3) is 0 Å². The molecular weight excluding hydrogens is 238 g/mol. The Bertz CT molecular complexity index is 427. The van der Waals surface area contributed by atoms with Crippen molar-refractivity contribution >= 4 is 5.69 Å². The van der Waals surface area contributed by atoms with Gasteiger partial charge in [-0.25, -0.2) is 4.68 Å². The lowest BCUT2D eigenvalue weighted by Crippen LogP contribution is -2.29. The van der Waals surface area contributed by atoms with Crippen LogP contribution in [0.15, 0.2) is 0 Å². The molecule has 1 aromatic heterocycles. The highest BCUT2D eigenvalue weighted by Crippen LogP contribution is 2.37. The van der Waals surface area contributed by atoms with Crippen LogP contribution in [0.2, 0.25) is 0 Å². The molecule has 1 aromatic rings. The molecule has 1 heterocycles. The summed E-state index contributed by atoms with van der Waals surface area (Å²) in [6.45, 7) is 9.62. The SMILES string of the molecule is CCCn1nc(C)c(N)c1OC1CCC(C)(C)CC1. The lowest BCUT2D eigenvalue weighted by Gasteiger charge is -2.34. The predicted octanol–water partition coefficient (Wildman–Crippen LogP) is 3.53. The molecule has 0 spiro atoms. The van der Waals surface area contributed by atoms with E-state index in [2.05, 4.69) is 25.9 Å². The van der Waals surface area contributed by atoms with Gasteiger partial charge in [0.05, 0.1) is 5.69 Å². The van der Waals surface area contributed by atoms with Crippen molar-refractivity contribution in [2.75, 3.05) is 5.73 Å². The monoisotopic (exact) mass is 265 g/mol. The molecule has 19 heavy (non-hydrogen) atoms. The van der Waals surface area contributed by atoms with Crippen molar-refractivity contribution in [1.82, 2.24) is 9.78 Å². The van der Waals surface area contributed by atoms with E-state index in [1.807, 2.05) is 11.6 Å². The van der Waals surface area contributed by atoms with Crippen LogP contribution in [0.5, 0.6) is 5.88 Å². The summed E-state index contributed by atoms with van der Waals surface area (Å²) < 4.78 is 8.08. The normalized spacial score (nSPS) is 19.6. The zero-order valence-electron chi connectivity index (χ0n) is 12.7. The summed E-state index contributed by atoms with van der Waals surface area (Å²) in [5.74, 6) is 0.782. The Hall–Kier alpha value is -1.19. The molecule has 0 bridgehead atoms. The minimum Gasteiger partial charge on any atom is -0.473 e. The van der Waals surface area contributed by atoms with E-state index in [4.69, 9.17) is 10.5 Å². The van der Waals surface area contributed by atoms with Gasteiger partial charge in [-0.3, -0.25) is 0 Å². The summed E-state index contributed by atoms with van der Waals surface area (Å²) in [4.78, 5) is 0. The van der Waals surface area contributed by atoms with Gasteiger partial charge in [0.2, 0.25) is 5.88 Å². The fourth-order valence-electron chi connectivity index (χ4n) is 2.71. The maximum atomic E-state index is 6.16.